The van der Waals surface area contributed by atoms with Gasteiger partial charge in [0.15, 0.2) is 0 Å². The van der Waals surface area contributed by atoms with E-state index < -0.39 is 0 Å². The van der Waals surface area contributed by atoms with Crippen molar-refractivity contribution in [2.45, 2.75) is 30.7 Å². The van der Waals surface area contributed by atoms with Crippen molar-refractivity contribution in [3.05, 3.63) is 93.6 Å². The highest BCUT2D eigenvalue weighted by Gasteiger charge is 2.48. The summed E-state index contributed by atoms with van der Waals surface area (Å²) in [5, 5.41) is 11.7. The Bertz CT molecular complexity index is 1010. The molecule has 0 bridgehead atoms. The zero-order valence-electron chi connectivity index (χ0n) is 15.6. The van der Waals surface area contributed by atoms with Gasteiger partial charge in [0.1, 0.15) is 0 Å². The first kappa shape index (κ1) is 16.1. The lowest BCUT2D eigenvalue weighted by Crippen LogP contribution is -2.46. The molecule has 2 aliphatic heterocycles. The van der Waals surface area contributed by atoms with Crippen molar-refractivity contribution in [1.29, 1.82) is 0 Å². The Balaban J connectivity index is 1.61. The van der Waals surface area contributed by atoms with E-state index in [1.54, 1.807) is 0 Å². The summed E-state index contributed by atoms with van der Waals surface area (Å²) in [4.78, 5) is 14.0. The Morgan fingerprint density at radius 2 is 1.68 bits per heavy atom. The first-order valence-electron chi connectivity index (χ1n) is 10.2. The van der Waals surface area contributed by atoms with Gasteiger partial charge in [0.25, 0.3) is 5.69 Å². The minimum Gasteiger partial charge on any atom is -0.363 e. The quantitative estimate of drug-likeness (QED) is 0.399. The van der Waals surface area contributed by atoms with E-state index in [0.717, 1.165) is 30.5 Å². The van der Waals surface area contributed by atoms with Crippen molar-refractivity contribution >= 4 is 11.4 Å². The maximum absolute atomic E-state index is 11.7. The van der Waals surface area contributed by atoms with Crippen molar-refractivity contribution in [3.63, 3.8) is 0 Å². The number of hydrogen-bond donors (Lipinski definition) is 0. The Kier molecular flexibility index (Phi) is 3.34. The van der Waals surface area contributed by atoms with Gasteiger partial charge >= 0.3 is 0 Å². The number of nitro benzene ring substituents is 1. The molecule has 6 rings (SSSR count). The molecule has 0 aromatic heterocycles. The molecule has 0 N–H and O–H groups in total. The van der Waals surface area contributed by atoms with E-state index in [9.17, 15) is 10.1 Å². The van der Waals surface area contributed by atoms with Crippen LogP contribution in [0.4, 0.5) is 11.4 Å². The van der Waals surface area contributed by atoms with Gasteiger partial charge in [-0.1, -0.05) is 54.6 Å². The van der Waals surface area contributed by atoms with Crippen LogP contribution in [-0.2, 0) is 0 Å². The average Bonchev–Trinajstić information content (AvgIpc) is 3.38. The summed E-state index contributed by atoms with van der Waals surface area (Å²) >= 11 is 0. The molecule has 4 aliphatic rings. The van der Waals surface area contributed by atoms with Gasteiger partial charge < -0.3 is 4.90 Å². The standard InChI is InChI=1S/C24H22N2O2/c27-26(28)17-12-21-18-9-4-8-16(18)14-25-23(15-6-2-1-3-7-15)20-11-5-10-19(20)22(13-17)24(21)25/h1-7,9-10,12-13,16,18-20,23H,8,11,14H2/t16-,18+,19+,20+,23+/m1/s1. The fraction of sp³-hybridized carbons (Fsp3) is 0.333. The molecule has 0 radical (unpaired) electrons. The monoisotopic (exact) mass is 370 g/mol. The van der Waals surface area contributed by atoms with Crippen molar-refractivity contribution in [1.82, 2.24) is 0 Å². The number of nitrogens with zero attached hydrogens (tertiary/aromatic N) is 2. The van der Waals surface area contributed by atoms with Crippen LogP contribution < -0.4 is 4.90 Å². The van der Waals surface area contributed by atoms with Crippen LogP contribution in [-0.4, -0.2) is 11.5 Å². The van der Waals surface area contributed by atoms with Crippen LogP contribution in [0.1, 0.15) is 47.4 Å². The van der Waals surface area contributed by atoms with E-state index >= 15 is 0 Å². The molecule has 28 heavy (non-hydrogen) atoms. The third kappa shape index (κ3) is 2.12. The van der Waals surface area contributed by atoms with Crippen LogP contribution >= 0.6 is 0 Å². The van der Waals surface area contributed by atoms with Gasteiger partial charge in [-0.2, -0.15) is 0 Å². The summed E-state index contributed by atoms with van der Waals surface area (Å²) in [7, 11) is 0. The fourth-order valence-corrected chi connectivity index (χ4v) is 6.09. The summed E-state index contributed by atoms with van der Waals surface area (Å²) in [6, 6.07) is 14.8. The number of nitro groups is 1. The number of benzene rings is 2. The van der Waals surface area contributed by atoms with Gasteiger partial charge in [0.2, 0.25) is 0 Å². The van der Waals surface area contributed by atoms with Crippen molar-refractivity contribution in [2.24, 2.45) is 11.8 Å². The second-order valence-electron chi connectivity index (χ2n) is 8.54. The Morgan fingerprint density at radius 3 is 2.46 bits per heavy atom. The average molecular weight is 370 g/mol. The summed E-state index contributed by atoms with van der Waals surface area (Å²) in [6.45, 7) is 1.03. The maximum Gasteiger partial charge on any atom is 0.270 e. The number of fused-ring (bicyclic) bond motifs is 4. The van der Waals surface area contributed by atoms with Crippen molar-refractivity contribution in [3.8, 4) is 0 Å². The molecule has 4 heteroatoms. The maximum atomic E-state index is 11.7. The molecule has 5 atom stereocenters. The normalized spacial score (nSPS) is 31.4. The van der Waals surface area contributed by atoms with E-state index in [0.29, 0.717) is 23.8 Å². The topological polar surface area (TPSA) is 46.4 Å². The Morgan fingerprint density at radius 1 is 0.964 bits per heavy atom. The zero-order valence-corrected chi connectivity index (χ0v) is 15.6. The first-order chi connectivity index (χ1) is 13.7. The molecular formula is C24H22N2O2. The number of rotatable bonds is 2. The van der Waals surface area contributed by atoms with E-state index in [2.05, 4.69) is 59.5 Å². The van der Waals surface area contributed by atoms with E-state index in [-0.39, 0.29) is 16.5 Å². The zero-order chi connectivity index (χ0) is 18.8. The molecule has 2 aromatic rings. The SMILES string of the molecule is O=[N+]([O-])c1cc2c3c(c1)[C@H]1C=CC[C@@H]1[C@H](c1ccccc1)N3C[C@H]1CC=C[C@H]21. The summed E-state index contributed by atoms with van der Waals surface area (Å²) in [6.07, 6.45) is 11.2. The molecule has 0 amide bonds. The molecule has 0 unspecified atom stereocenters. The minimum absolute atomic E-state index is 0.222. The lowest BCUT2D eigenvalue weighted by molar-refractivity contribution is -0.385. The van der Waals surface area contributed by atoms with Crippen LogP contribution in [0.5, 0.6) is 0 Å². The predicted molar refractivity (Wildman–Crippen MR) is 110 cm³/mol. The molecule has 0 spiro atoms. The fourth-order valence-electron chi connectivity index (χ4n) is 6.09. The first-order valence-corrected chi connectivity index (χ1v) is 10.2. The highest BCUT2D eigenvalue weighted by Crippen LogP contribution is 2.59. The number of hydrogen-bond acceptors (Lipinski definition) is 3. The molecule has 2 aliphatic carbocycles. The summed E-state index contributed by atoms with van der Waals surface area (Å²) < 4.78 is 0. The lowest BCUT2D eigenvalue weighted by Gasteiger charge is -2.51. The van der Waals surface area contributed by atoms with Crippen LogP contribution in [0.15, 0.2) is 66.8 Å². The lowest BCUT2D eigenvalue weighted by atomic mass is 9.70. The highest BCUT2D eigenvalue weighted by atomic mass is 16.6. The van der Waals surface area contributed by atoms with E-state index in [1.165, 1.54) is 11.3 Å². The van der Waals surface area contributed by atoms with Gasteiger partial charge in [0, 0.05) is 36.2 Å². The molecule has 2 heterocycles. The third-order valence-corrected chi connectivity index (χ3v) is 7.19. The molecule has 4 nitrogen and oxygen atoms in total. The third-order valence-electron chi connectivity index (χ3n) is 7.19. The second-order valence-corrected chi connectivity index (χ2v) is 8.54. The van der Waals surface area contributed by atoms with Crippen LogP contribution in [0, 0.1) is 22.0 Å². The highest BCUT2D eigenvalue weighted by molar-refractivity contribution is 5.72. The molecule has 0 saturated heterocycles. The number of non-ortho nitro benzene ring substituents is 1. The van der Waals surface area contributed by atoms with Crippen LogP contribution in [0.3, 0.4) is 0 Å². The largest absolute Gasteiger partial charge is 0.363 e. The molecule has 0 saturated carbocycles. The Hall–Kier alpha value is -2.88. The smallest absolute Gasteiger partial charge is 0.270 e. The van der Waals surface area contributed by atoms with Gasteiger partial charge in [-0.3, -0.25) is 10.1 Å². The van der Waals surface area contributed by atoms with Crippen LogP contribution in [0.25, 0.3) is 0 Å². The van der Waals surface area contributed by atoms with E-state index in [4.69, 9.17) is 0 Å². The minimum atomic E-state index is -0.222. The number of anilines is 1. The number of allylic oxidation sites excluding steroid dienone is 4. The molecule has 140 valence electrons. The van der Waals surface area contributed by atoms with Gasteiger partial charge in [-0.15, -0.1) is 0 Å². The Labute approximate surface area is 164 Å². The van der Waals surface area contributed by atoms with Crippen molar-refractivity contribution < 1.29 is 4.92 Å². The summed E-state index contributed by atoms with van der Waals surface area (Å²) in [5.41, 5.74) is 5.19. The predicted octanol–water partition coefficient (Wildman–Crippen LogP) is 5.49. The second kappa shape index (κ2) is 5.81. The molecular weight excluding hydrogens is 348 g/mol. The van der Waals surface area contributed by atoms with Gasteiger partial charge in [0.05, 0.1) is 11.0 Å². The van der Waals surface area contributed by atoms with Crippen molar-refractivity contribution in [2.75, 3.05) is 11.4 Å². The summed E-state index contributed by atoms with van der Waals surface area (Å²) in [5.74, 6) is 1.52. The van der Waals surface area contributed by atoms with Gasteiger partial charge in [-0.25, -0.2) is 0 Å². The van der Waals surface area contributed by atoms with E-state index in [1.807, 2.05) is 12.1 Å². The molecule has 0 fully saturated rings. The molecule has 2 aromatic carbocycles. The van der Waals surface area contributed by atoms with Crippen LogP contribution in [0.2, 0.25) is 0 Å². The van der Waals surface area contributed by atoms with Gasteiger partial charge in [-0.05, 0) is 41.4 Å².